The summed E-state index contributed by atoms with van der Waals surface area (Å²) in [5, 5.41) is -0.502. The molecular formula is C10H7BrF6. The minimum absolute atomic E-state index is 0.222. The summed E-state index contributed by atoms with van der Waals surface area (Å²) in [6.07, 6.45) is -9.59. The zero-order valence-electron chi connectivity index (χ0n) is 8.51. The van der Waals surface area contributed by atoms with Gasteiger partial charge in [0, 0.05) is 5.33 Å². The Bertz CT molecular complexity index is 418. The van der Waals surface area contributed by atoms with Gasteiger partial charge in [0.05, 0.1) is 11.1 Å². The molecule has 0 nitrogen and oxygen atoms in total. The predicted octanol–water partition coefficient (Wildman–Crippen LogP) is 4.93. The molecule has 17 heavy (non-hydrogen) atoms. The minimum Gasteiger partial charge on any atom is -0.166 e. The Hall–Kier alpha value is -0.720. The van der Waals surface area contributed by atoms with E-state index in [9.17, 15) is 26.3 Å². The van der Waals surface area contributed by atoms with Crippen molar-refractivity contribution in [2.45, 2.75) is 24.6 Å². The van der Waals surface area contributed by atoms with Crippen LogP contribution in [0, 0.1) is 6.92 Å². The van der Waals surface area contributed by atoms with E-state index in [2.05, 4.69) is 15.9 Å². The number of halogens is 7. The summed E-state index contributed by atoms with van der Waals surface area (Å²) in [5.41, 5.74) is -3.47. The third-order valence-corrected chi connectivity index (χ3v) is 2.80. The third kappa shape index (κ3) is 2.94. The van der Waals surface area contributed by atoms with Crippen molar-refractivity contribution in [3.8, 4) is 0 Å². The van der Waals surface area contributed by atoms with Crippen LogP contribution in [-0.4, -0.2) is 0 Å². The fraction of sp³-hybridized carbons (Fsp3) is 0.400. The number of benzene rings is 1. The molecule has 1 rings (SSSR count). The van der Waals surface area contributed by atoms with Crippen LogP contribution in [0.3, 0.4) is 0 Å². The zero-order valence-corrected chi connectivity index (χ0v) is 10.1. The molecule has 0 radical (unpaired) electrons. The molecule has 0 aliphatic rings. The summed E-state index contributed by atoms with van der Waals surface area (Å²) < 4.78 is 75.7. The molecule has 0 atom stereocenters. The average molecular weight is 321 g/mol. The Labute approximate surface area is 102 Å². The molecule has 0 aliphatic carbocycles. The van der Waals surface area contributed by atoms with Crippen LogP contribution in [0.2, 0.25) is 0 Å². The lowest BCUT2D eigenvalue weighted by molar-refractivity contribution is -0.144. The largest absolute Gasteiger partial charge is 0.416 e. The first-order valence-electron chi connectivity index (χ1n) is 4.42. The van der Waals surface area contributed by atoms with Gasteiger partial charge >= 0.3 is 12.4 Å². The molecule has 96 valence electrons. The van der Waals surface area contributed by atoms with E-state index in [4.69, 9.17) is 0 Å². The first kappa shape index (κ1) is 14.3. The second-order valence-corrected chi connectivity index (χ2v) is 3.97. The molecule has 0 fully saturated rings. The highest BCUT2D eigenvalue weighted by Crippen LogP contribution is 2.41. The van der Waals surface area contributed by atoms with E-state index >= 15 is 0 Å². The maximum absolute atomic E-state index is 12.7. The summed E-state index contributed by atoms with van der Waals surface area (Å²) in [5.74, 6) is 0. The Morgan fingerprint density at radius 3 is 1.88 bits per heavy atom. The Morgan fingerprint density at radius 1 is 1.00 bits per heavy atom. The lowest BCUT2D eigenvalue weighted by atomic mass is 9.97. The highest BCUT2D eigenvalue weighted by Gasteiger charge is 2.41. The number of alkyl halides is 7. The first-order valence-corrected chi connectivity index (χ1v) is 5.54. The van der Waals surface area contributed by atoms with E-state index in [0.29, 0.717) is 6.07 Å². The topological polar surface area (TPSA) is 0 Å². The van der Waals surface area contributed by atoms with Crippen molar-refractivity contribution < 1.29 is 26.3 Å². The van der Waals surface area contributed by atoms with Crippen LogP contribution in [0.5, 0.6) is 0 Å². The van der Waals surface area contributed by atoms with Crippen molar-refractivity contribution >= 4 is 15.9 Å². The number of hydrogen-bond acceptors (Lipinski definition) is 0. The van der Waals surface area contributed by atoms with Crippen molar-refractivity contribution in [2.24, 2.45) is 0 Å². The summed E-state index contributed by atoms with van der Waals surface area (Å²) >= 11 is 2.68. The second kappa shape index (κ2) is 4.51. The van der Waals surface area contributed by atoms with Crippen LogP contribution in [0.25, 0.3) is 0 Å². The van der Waals surface area contributed by atoms with Crippen molar-refractivity contribution in [3.05, 3.63) is 34.4 Å². The zero-order chi connectivity index (χ0) is 13.4. The van der Waals surface area contributed by atoms with Gasteiger partial charge in [0.2, 0.25) is 0 Å². The monoisotopic (exact) mass is 320 g/mol. The van der Waals surface area contributed by atoms with Crippen LogP contribution in [0.4, 0.5) is 26.3 Å². The van der Waals surface area contributed by atoms with Crippen LogP contribution >= 0.6 is 15.9 Å². The van der Waals surface area contributed by atoms with Gasteiger partial charge in [0.25, 0.3) is 0 Å². The maximum atomic E-state index is 12.7. The normalized spacial score (nSPS) is 12.9. The summed E-state index contributed by atoms with van der Waals surface area (Å²) in [7, 11) is 0. The van der Waals surface area contributed by atoms with Crippen molar-refractivity contribution in [1.29, 1.82) is 0 Å². The molecule has 7 heteroatoms. The Balaban J connectivity index is 3.60. The van der Waals surface area contributed by atoms with Gasteiger partial charge in [-0.15, -0.1) is 0 Å². The van der Waals surface area contributed by atoms with Gasteiger partial charge < -0.3 is 0 Å². The van der Waals surface area contributed by atoms with Gasteiger partial charge in [0.15, 0.2) is 0 Å². The molecule has 0 amide bonds. The van der Waals surface area contributed by atoms with Gasteiger partial charge in [-0.2, -0.15) is 26.3 Å². The van der Waals surface area contributed by atoms with E-state index < -0.39 is 34.4 Å². The van der Waals surface area contributed by atoms with Gasteiger partial charge in [-0.25, -0.2) is 0 Å². The van der Waals surface area contributed by atoms with E-state index in [1.807, 2.05) is 0 Å². The Morgan fingerprint density at radius 2 is 1.53 bits per heavy atom. The number of rotatable bonds is 1. The second-order valence-electron chi connectivity index (χ2n) is 3.41. The average Bonchev–Trinajstić information content (AvgIpc) is 2.12. The molecular weight excluding hydrogens is 314 g/mol. The smallest absolute Gasteiger partial charge is 0.166 e. The van der Waals surface area contributed by atoms with Crippen molar-refractivity contribution in [3.63, 3.8) is 0 Å². The number of aryl methyl sites for hydroxylation is 1. The van der Waals surface area contributed by atoms with Gasteiger partial charge in [-0.3, -0.25) is 0 Å². The van der Waals surface area contributed by atoms with E-state index in [1.54, 1.807) is 0 Å². The van der Waals surface area contributed by atoms with Crippen LogP contribution in [0.15, 0.2) is 12.1 Å². The fourth-order valence-electron chi connectivity index (χ4n) is 1.56. The van der Waals surface area contributed by atoms with Crippen molar-refractivity contribution in [1.82, 2.24) is 0 Å². The quantitative estimate of drug-likeness (QED) is 0.508. The highest BCUT2D eigenvalue weighted by atomic mass is 79.9. The fourth-order valence-corrected chi connectivity index (χ4v) is 2.15. The molecule has 1 aromatic rings. The van der Waals surface area contributed by atoms with E-state index in [0.717, 1.165) is 13.0 Å². The van der Waals surface area contributed by atoms with Crippen LogP contribution < -0.4 is 0 Å². The van der Waals surface area contributed by atoms with E-state index in [-0.39, 0.29) is 5.56 Å². The molecule has 0 heterocycles. The minimum atomic E-state index is -4.80. The number of hydrogen-bond donors (Lipinski definition) is 0. The molecule has 1 aromatic carbocycles. The molecule has 0 aromatic heterocycles. The van der Waals surface area contributed by atoms with E-state index in [1.165, 1.54) is 0 Å². The molecule has 0 saturated heterocycles. The lowest BCUT2D eigenvalue weighted by Crippen LogP contribution is -2.17. The van der Waals surface area contributed by atoms with Gasteiger partial charge in [-0.1, -0.05) is 22.0 Å². The SMILES string of the molecule is Cc1ccc(C(F)(F)F)c(CBr)c1C(F)(F)F. The molecule has 0 bridgehead atoms. The first-order chi connectivity index (χ1) is 7.59. The molecule has 0 unspecified atom stereocenters. The Kier molecular flexibility index (Phi) is 3.81. The molecule has 0 N–H and O–H groups in total. The molecule has 0 aliphatic heterocycles. The third-order valence-electron chi connectivity index (χ3n) is 2.24. The standard InChI is InChI=1S/C10H7BrF6/c1-5-2-3-7(9(12,13)14)6(4-11)8(5)10(15,16)17/h2-3H,4H2,1H3. The summed E-state index contributed by atoms with van der Waals surface area (Å²) in [4.78, 5) is 0. The summed E-state index contributed by atoms with van der Waals surface area (Å²) in [6.45, 7) is 1.13. The van der Waals surface area contributed by atoms with Crippen LogP contribution in [0.1, 0.15) is 22.3 Å². The predicted molar refractivity (Wildman–Crippen MR) is 53.8 cm³/mol. The maximum Gasteiger partial charge on any atom is 0.416 e. The van der Waals surface area contributed by atoms with Gasteiger partial charge in [0.1, 0.15) is 0 Å². The van der Waals surface area contributed by atoms with Crippen molar-refractivity contribution in [2.75, 3.05) is 0 Å². The lowest BCUT2D eigenvalue weighted by Gasteiger charge is -2.19. The highest BCUT2D eigenvalue weighted by molar-refractivity contribution is 9.08. The van der Waals surface area contributed by atoms with Crippen LogP contribution in [-0.2, 0) is 17.7 Å². The molecule has 0 saturated carbocycles. The molecule has 0 spiro atoms. The van der Waals surface area contributed by atoms with Gasteiger partial charge in [-0.05, 0) is 24.1 Å². The summed E-state index contributed by atoms with van der Waals surface area (Å²) in [6, 6.07) is 1.50.